The van der Waals surface area contributed by atoms with Gasteiger partial charge in [-0.25, -0.2) is 4.90 Å². The van der Waals surface area contributed by atoms with Gasteiger partial charge in [-0.1, -0.05) is 26.1 Å². The van der Waals surface area contributed by atoms with Crippen LogP contribution in [0.5, 0.6) is 0 Å². The fourth-order valence-electron chi connectivity index (χ4n) is 3.03. The first-order valence-electron chi connectivity index (χ1n) is 6.24. The molecule has 2 atom stereocenters. The van der Waals surface area contributed by atoms with Crippen molar-refractivity contribution in [2.75, 3.05) is 4.90 Å². The maximum absolute atomic E-state index is 12.4. The standard InChI is InChI=1S/C14H13BrN2O2S/c1-14(2)9-10(14)13(19)17(12(9)18)8-4-3-6(11(16)20)5-7(8)15/h3-5,9-10H,1-2H3,(H2,16,20). The summed E-state index contributed by atoms with van der Waals surface area (Å²) in [7, 11) is 0. The summed E-state index contributed by atoms with van der Waals surface area (Å²) < 4.78 is 0.642. The topological polar surface area (TPSA) is 63.4 Å². The lowest BCUT2D eigenvalue weighted by atomic mass is 10.0. The quantitative estimate of drug-likeness (QED) is 0.654. The van der Waals surface area contributed by atoms with E-state index < -0.39 is 0 Å². The molecule has 2 N–H and O–H groups in total. The van der Waals surface area contributed by atoms with Crippen LogP contribution in [-0.4, -0.2) is 16.8 Å². The minimum absolute atomic E-state index is 0.117. The van der Waals surface area contributed by atoms with Gasteiger partial charge >= 0.3 is 0 Å². The molecular formula is C14H13BrN2O2S. The van der Waals surface area contributed by atoms with E-state index in [1.165, 1.54) is 4.90 Å². The summed E-state index contributed by atoms with van der Waals surface area (Å²) in [6, 6.07) is 5.15. The molecule has 0 radical (unpaired) electrons. The highest BCUT2D eigenvalue weighted by Crippen LogP contribution is 2.63. The average Bonchev–Trinajstić information content (AvgIpc) is 2.81. The van der Waals surface area contributed by atoms with Gasteiger partial charge in [0.25, 0.3) is 0 Å². The van der Waals surface area contributed by atoms with E-state index in [0.717, 1.165) is 0 Å². The Labute approximate surface area is 130 Å². The van der Waals surface area contributed by atoms with Crippen LogP contribution < -0.4 is 10.6 Å². The Kier molecular flexibility index (Phi) is 2.82. The molecule has 1 aliphatic heterocycles. The molecule has 104 valence electrons. The van der Waals surface area contributed by atoms with E-state index in [1.807, 2.05) is 13.8 Å². The van der Waals surface area contributed by atoms with Gasteiger partial charge in [0.1, 0.15) is 4.99 Å². The molecule has 1 aromatic carbocycles. The molecule has 1 aromatic rings. The molecule has 2 unspecified atom stereocenters. The molecule has 1 saturated carbocycles. The minimum Gasteiger partial charge on any atom is -0.389 e. The Morgan fingerprint density at radius 1 is 1.30 bits per heavy atom. The first-order chi connectivity index (χ1) is 9.26. The van der Waals surface area contributed by atoms with E-state index in [0.29, 0.717) is 15.7 Å². The number of rotatable bonds is 2. The highest BCUT2D eigenvalue weighted by atomic mass is 79.9. The fourth-order valence-corrected chi connectivity index (χ4v) is 3.71. The van der Waals surface area contributed by atoms with Gasteiger partial charge in [0.15, 0.2) is 0 Å². The van der Waals surface area contributed by atoms with Crippen LogP contribution in [0.2, 0.25) is 0 Å². The van der Waals surface area contributed by atoms with Crippen molar-refractivity contribution in [3.63, 3.8) is 0 Å². The first-order valence-corrected chi connectivity index (χ1v) is 7.44. The van der Waals surface area contributed by atoms with E-state index in [-0.39, 0.29) is 34.1 Å². The van der Waals surface area contributed by atoms with Crippen LogP contribution in [0.25, 0.3) is 0 Å². The zero-order valence-corrected chi connectivity index (χ0v) is 13.4. The third kappa shape index (κ3) is 1.67. The molecule has 3 rings (SSSR count). The summed E-state index contributed by atoms with van der Waals surface area (Å²) in [6.07, 6.45) is 0. The van der Waals surface area contributed by atoms with Crippen molar-refractivity contribution in [1.82, 2.24) is 0 Å². The molecule has 1 aliphatic carbocycles. The smallest absolute Gasteiger partial charge is 0.238 e. The normalized spacial score (nSPS) is 26.6. The molecule has 20 heavy (non-hydrogen) atoms. The van der Waals surface area contributed by atoms with Crippen molar-refractivity contribution in [2.24, 2.45) is 23.0 Å². The van der Waals surface area contributed by atoms with Gasteiger partial charge in [-0.2, -0.15) is 0 Å². The van der Waals surface area contributed by atoms with E-state index in [9.17, 15) is 9.59 Å². The lowest BCUT2D eigenvalue weighted by Gasteiger charge is -2.22. The van der Waals surface area contributed by atoms with Crippen LogP contribution in [0.4, 0.5) is 5.69 Å². The van der Waals surface area contributed by atoms with Crippen LogP contribution >= 0.6 is 28.1 Å². The number of halogens is 1. The molecule has 0 spiro atoms. The largest absolute Gasteiger partial charge is 0.389 e. The van der Waals surface area contributed by atoms with Crippen molar-refractivity contribution in [3.05, 3.63) is 28.2 Å². The first kappa shape index (κ1) is 13.7. The van der Waals surface area contributed by atoms with E-state index >= 15 is 0 Å². The lowest BCUT2D eigenvalue weighted by molar-refractivity contribution is -0.125. The molecule has 2 fully saturated rings. The second-order valence-corrected chi connectivity index (χ2v) is 7.11. The highest BCUT2D eigenvalue weighted by molar-refractivity contribution is 9.10. The third-order valence-electron chi connectivity index (χ3n) is 4.27. The molecule has 0 aromatic heterocycles. The predicted octanol–water partition coefficient (Wildman–Crippen LogP) is 2.23. The van der Waals surface area contributed by atoms with E-state index in [2.05, 4.69) is 15.9 Å². The fraction of sp³-hybridized carbons (Fsp3) is 0.357. The molecular weight excluding hydrogens is 340 g/mol. The van der Waals surface area contributed by atoms with Gasteiger partial charge in [-0.15, -0.1) is 0 Å². The van der Waals surface area contributed by atoms with Gasteiger partial charge in [-0.3, -0.25) is 9.59 Å². The number of hydrogen-bond donors (Lipinski definition) is 1. The maximum Gasteiger partial charge on any atom is 0.238 e. The number of piperidine rings is 1. The monoisotopic (exact) mass is 352 g/mol. The molecule has 2 amide bonds. The summed E-state index contributed by atoms with van der Waals surface area (Å²) in [6.45, 7) is 3.92. The molecule has 4 nitrogen and oxygen atoms in total. The Hall–Kier alpha value is -1.27. The Balaban J connectivity index is 1.98. The van der Waals surface area contributed by atoms with Gasteiger partial charge < -0.3 is 5.73 Å². The number of nitrogens with zero attached hydrogens (tertiary/aromatic N) is 1. The Morgan fingerprint density at radius 3 is 2.30 bits per heavy atom. The van der Waals surface area contributed by atoms with Crippen LogP contribution in [0, 0.1) is 17.3 Å². The maximum atomic E-state index is 12.4. The second-order valence-electron chi connectivity index (χ2n) is 5.82. The second kappa shape index (κ2) is 4.11. The van der Waals surface area contributed by atoms with Crippen molar-refractivity contribution >= 4 is 50.6 Å². The zero-order chi connectivity index (χ0) is 14.8. The molecule has 0 bridgehead atoms. The van der Waals surface area contributed by atoms with E-state index in [4.69, 9.17) is 18.0 Å². The van der Waals surface area contributed by atoms with Crippen LogP contribution in [0.3, 0.4) is 0 Å². The van der Waals surface area contributed by atoms with Gasteiger partial charge in [-0.05, 0) is 39.5 Å². The predicted molar refractivity (Wildman–Crippen MR) is 83.3 cm³/mol. The van der Waals surface area contributed by atoms with Gasteiger partial charge in [0, 0.05) is 10.0 Å². The number of carbonyl (C=O) groups is 2. The Morgan fingerprint density at radius 2 is 1.85 bits per heavy atom. The molecule has 1 heterocycles. The zero-order valence-electron chi connectivity index (χ0n) is 11.0. The number of nitrogens with two attached hydrogens (primary N) is 1. The Bertz CT molecular complexity index is 647. The third-order valence-corrected chi connectivity index (χ3v) is 5.14. The number of carbonyl (C=O) groups excluding carboxylic acids is 2. The number of anilines is 1. The summed E-state index contributed by atoms with van der Waals surface area (Å²) in [4.78, 5) is 26.3. The van der Waals surface area contributed by atoms with Crippen LogP contribution in [0.1, 0.15) is 19.4 Å². The van der Waals surface area contributed by atoms with Gasteiger partial charge in [0.05, 0.1) is 17.5 Å². The van der Waals surface area contributed by atoms with Crippen LogP contribution in [-0.2, 0) is 9.59 Å². The minimum atomic E-state index is -0.199. The summed E-state index contributed by atoms with van der Waals surface area (Å²) in [5.74, 6) is -0.600. The number of benzene rings is 1. The molecule has 2 aliphatic rings. The summed E-state index contributed by atoms with van der Waals surface area (Å²) >= 11 is 8.29. The molecule has 6 heteroatoms. The SMILES string of the molecule is CC1(C)C2C(=O)N(c3ccc(C(N)=S)cc3Br)C(=O)C21. The van der Waals surface area contributed by atoms with Crippen molar-refractivity contribution < 1.29 is 9.59 Å². The van der Waals surface area contributed by atoms with Crippen LogP contribution in [0.15, 0.2) is 22.7 Å². The number of amides is 2. The number of thiocarbonyl (C=S) groups is 1. The lowest BCUT2D eigenvalue weighted by Crippen LogP contribution is -2.36. The highest BCUT2D eigenvalue weighted by Gasteiger charge is 2.72. The van der Waals surface area contributed by atoms with Crippen molar-refractivity contribution in [3.8, 4) is 0 Å². The number of imide groups is 1. The van der Waals surface area contributed by atoms with E-state index in [1.54, 1.807) is 18.2 Å². The molecule has 1 saturated heterocycles. The van der Waals surface area contributed by atoms with Gasteiger partial charge in [0.2, 0.25) is 11.8 Å². The average molecular weight is 353 g/mol. The number of hydrogen-bond acceptors (Lipinski definition) is 3. The number of fused-ring (bicyclic) bond motifs is 1. The van der Waals surface area contributed by atoms with Crippen molar-refractivity contribution in [1.29, 1.82) is 0 Å². The summed E-state index contributed by atoms with van der Waals surface area (Å²) in [5, 5.41) is 0. The van der Waals surface area contributed by atoms with Crippen molar-refractivity contribution in [2.45, 2.75) is 13.8 Å². The summed E-state index contributed by atoms with van der Waals surface area (Å²) in [5.41, 5.74) is 6.62.